The maximum absolute atomic E-state index is 12.7. The SMILES string of the molecule is CN(C)C(=O)c1nc2ccc(Cl)cn2c1CN1CCN(C(=O)c2cccs2)CC1. The van der Waals surface area contributed by atoms with Gasteiger partial charge in [0, 0.05) is 53.0 Å². The maximum atomic E-state index is 12.7. The number of hydrogen-bond acceptors (Lipinski definition) is 5. The number of pyridine rings is 1. The van der Waals surface area contributed by atoms with Crippen LogP contribution in [0, 0.1) is 0 Å². The van der Waals surface area contributed by atoms with E-state index in [0.29, 0.717) is 36.0 Å². The Kier molecular flexibility index (Phi) is 5.58. The minimum absolute atomic E-state index is 0.0877. The lowest BCUT2D eigenvalue weighted by atomic mass is 10.2. The Morgan fingerprint density at radius 3 is 2.59 bits per heavy atom. The molecule has 4 heterocycles. The van der Waals surface area contributed by atoms with E-state index in [4.69, 9.17) is 11.6 Å². The molecule has 0 N–H and O–H groups in total. The van der Waals surface area contributed by atoms with E-state index >= 15 is 0 Å². The van der Waals surface area contributed by atoms with Crippen LogP contribution in [0.15, 0.2) is 35.8 Å². The van der Waals surface area contributed by atoms with Crippen LogP contribution in [0.2, 0.25) is 5.02 Å². The number of nitrogens with zero attached hydrogens (tertiary/aromatic N) is 5. The number of carbonyl (C=O) groups is 2. The Labute approximate surface area is 178 Å². The average molecular weight is 432 g/mol. The van der Waals surface area contributed by atoms with Gasteiger partial charge in [-0.25, -0.2) is 4.98 Å². The number of amides is 2. The molecule has 0 radical (unpaired) electrons. The second kappa shape index (κ2) is 8.14. The van der Waals surface area contributed by atoms with Crippen LogP contribution in [0.5, 0.6) is 0 Å². The van der Waals surface area contributed by atoms with Crippen LogP contribution in [0.3, 0.4) is 0 Å². The molecule has 9 heteroatoms. The fourth-order valence-electron chi connectivity index (χ4n) is 3.48. The predicted molar refractivity (Wildman–Crippen MR) is 114 cm³/mol. The van der Waals surface area contributed by atoms with Gasteiger partial charge in [-0.1, -0.05) is 17.7 Å². The topological polar surface area (TPSA) is 61.2 Å². The van der Waals surface area contributed by atoms with Crippen LogP contribution in [0.1, 0.15) is 25.9 Å². The van der Waals surface area contributed by atoms with Gasteiger partial charge in [-0.15, -0.1) is 11.3 Å². The molecule has 3 aromatic rings. The largest absolute Gasteiger partial charge is 0.343 e. The summed E-state index contributed by atoms with van der Waals surface area (Å²) in [5.74, 6) is -0.0453. The zero-order chi connectivity index (χ0) is 20.5. The van der Waals surface area contributed by atoms with Gasteiger partial charge in [0.05, 0.1) is 15.6 Å². The summed E-state index contributed by atoms with van der Waals surface area (Å²) < 4.78 is 1.89. The molecule has 0 saturated carbocycles. The number of fused-ring (bicyclic) bond motifs is 1. The third-order valence-electron chi connectivity index (χ3n) is 5.05. The minimum atomic E-state index is -0.133. The van der Waals surface area contributed by atoms with Crippen molar-refractivity contribution in [3.05, 3.63) is 57.1 Å². The van der Waals surface area contributed by atoms with E-state index in [-0.39, 0.29) is 11.8 Å². The van der Waals surface area contributed by atoms with Crippen molar-refractivity contribution in [2.45, 2.75) is 6.54 Å². The van der Waals surface area contributed by atoms with Gasteiger partial charge in [-0.05, 0) is 23.6 Å². The molecule has 0 aromatic carbocycles. The summed E-state index contributed by atoms with van der Waals surface area (Å²) in [6, 6.07) is 7.34. The Hall–Kier alpha value is -2.42. The Morgan fingerprint density at radius 2 is 1.93 bits per heavy atom. The smallest absolute Gasteiger partial charge is 0.273 e. The first-order chi connectivity index (χ1) is 13.9. The quantitative estimate of drug-likeness (QED) is 0.637. The number of halogens is 1. The van der Waals surface area contributed by atoms with Gasteiger partial charge < -0.3 is 14.2 Å². The number of aromatic nitrogens is 2. The van der Waals surface area contributed by atoms with E-state index in [9.17, 15) is 9.59 Å². The van der Waals surface area contributed by atoms with Gasteiger partial charge in [0.15, 0.2) is 5.69 Å². The molecule has 1 aliphatic heterocycles. The second-order valence-electron chi connectivity index (χ2n) is 7.23. The highest BCUT2D eigenvalue weighted by atomic mass is 35.5. The van der Waals surface area contributed by atoms with Crippen molar-refractivity contribution in [2.75, 3.05) is 40.3 Å². The first kappa shape index (κ1) is 19.9. The van der Waals surface area contributed by atoms with Crippen LogP contribution in [-0.4, -0.2) is 76.2 Å². The molecule has 4 rings (SSSR count). The van der Waals surface area contributed by atoms with Gasteiger partial charge in [-0.2, -0.15) is 0 Å². The van der Waals surface area contributed by atoms with E-state index < -0.39 is 0 Å². The van der Waals surface area contributed by atoms with E-state index in [0.717, 1.165) is 23.7 Å². The van der Waals surface area contributed by atoms with Gasteiger partial charge in [0.2, 0.25) is 0 Å². The molecule has 0 bridgehead atoms. The van der Waals surface area contributed by atoms with Crippen molar-refractivity contribution in [2.24, 2.45) is 0 Å². The molecule has 0 unspecified atom stereocenters. The highest BCUT2D eigenvalue weighted by Gasteiger charge is 2.26. The number of rotatable bonds is 4. The zero-order valence-corrected chi connectivity index (χ0v) is 17.9. The van der Waals surface area contributed by atoms with Gasteiger partial charge in [0.25, 0.3) is 11.8 Å². The van der Waals surface area contributed by atoms with E-state index in [1.807, 2.05) is 32.9 Å². The number of piperazine rings is 1. The predicted octanol–water partition coefficient (Wildman–Crippen LogP) is 2.71. The lowest BCUT2D eigenvalue weighted by Crippen LogP contribution is -2.48. The molecule has 1 fully saturated rings. The van der Waals surface area contributed by atoms with Crippen molar-refractivity contribution in [1.82, 2.24) is 24.1 Å². The molecule has 1 saturated heterocycles. The van der Waals surface area contributed by atoms with E-state index in [1.54, 1.807) is 26.4 Å². The average Bonchev–Trinajstić information content (AvgIpc) is 3.36. The molecule has 0 spiro atoms. The van der Waals surface area contributed by atoms with Gasteiger partial charge in [0.1, 0.15) is 5.65 Å². The van der Waals surface area contributed by atoms with Crippen LogP contribution in [-0.2, 0) is 6.54 Å². The highest BCUT2D eigenvalue weighted by molar-refractivity contribution is 7.12. The number of imidazole rings is 1. The summed E-state index contributed by atoms with van der Waals surface area (Å²) >= 11 is 7.66. The summed E-state index contributed by atoms with van der Waals surface area (Å²) in [7, 11) is 3.44. The number of hydrogen-bond donors (Lipinski definition) is 0. The van der Waals surface area contributed by atoms with Crippen molar-refractivity contribution in [3.63, 3.8) is 0 Å². The first-order valence-electron chi connectivity index (χ1n) is 9.37. The van der Waals surface area contributed by atoms with E-state index in [2.05, 4.69) is 9.88 Å². The van der Waals surface area contributed by atoms with Crippen LogP contribution in [0.25, 0.3) is 5.65 Å². The second-order valence-corrected chi connectivity index (χ2v) is 8.61. The highest BCUT2D eigenvalue weighted by Crippen LogP contribution is 2.21. The van der Waals surface area contributed by atoms with Crippen LogP contribution < -0.4 is 0 Å². The lowest BCUT2D eigenvalue weighted by molar-refractivity contribution is 0.0631. The lowest BCUT2D eigenvalue weighted by Gasteiger charge is -2.34. The number of carbonyl (C=O) groups excluding carboxylic acids is 2. The molecule has 3 aromatic heterocycles. The molecule has 152 valence electrons. The third-order valence-corrected chi connectivity index (χ3v) is 6.14. The molecule has 1 aliphatic rings. The van der Waals surface area contributed by atoms with Crippen LogP contribution in [0.4, 0.5) is 0 Å². The van der Waals surface area contributed by atoms with Gasteiger partial charge >= 0.3 is 0 Å². The van der Waals surface area contributed by atoms with E-state index in [1.165, 1.54) is 16.2 Å². The van der Waals surface area contributed by atoms with Gasteiger partial charge in [-0.3, -0.25) is 14.5 Å². The summed E-state index contributed by atoms with van der Waals surface area (Å²) in [5, 5.41) is 2.51. The Balaban J connectivity index is 1.53. The minimum Gasteiger partial charge on any atom is -0.343 e. The van der Waals surface area contributed by atoms with Crippen molar-refractivity contribution >= 4 is 40.4 Å². The monoisotopic (exact) mass is 431 g/mol. The number of thiophene rings is 1. The molecule has 7 nitrogen and oxygen atoms in total. The summed E-state index contributed by atoms with van der Waals surface area (Å²) in [4.78, 5) is 36.2. The van der Waals surface area contributed by atoms with Crippen LogP contribution >= 0.6 is 22.9 Å². The summed E-state index contributed by atoms with van der Waals surface area (Å²) in [5.41, 5.74) is 1.95. The Morgan fingerprint density at radius 1 is 1.17 bits per heavy atom. The molecule has 29 heavy (non-hydrogen) atoms. The van der Waals surface area contributed by atoms with Crippen molar-refractivity contribution in [1.29, 1.82) is 0 Å². The maximum Gasteiger partial charge on any atom is 0.273 e. The van der Waals surface area contributed by atoms with Crippen molar-refractivity contribution < 1.29 is 9.59 Å². The fourth-order valence-corrected chi connectivity index (χ4v) is 4.33. The summed E-state index contributed by atoms with van der Waals surface area (Å²) in [6.07, 6.45) is 1.79. The first-order valence-corrected chi connectivity index (χ1v) is 10.6. The zero-order valence-electron chi connectivity index (χ0n) is 16.3. The Bertz CT molecular complexity index is 1040. The molecule has 0 atom stereocenters. The standard InChI is InChI=1S/C20H22ClN5O2S/c1-23(2)20(28)18-15(26-12-14(21)5-6-17(26)22-18)13-24-7-9-25(10-8-24)19(27)16-4-3-11-29-16/h3-6,11-12H,7-10,13H2,1-2H3. The summed E-state index contributed by atoms with van der Waals surface area (Å²) in [6.45, 7) is 3.36. The molecule has 2 amide bonds. The van der Waals surface area contributed by atoms with Crippen molar-refractivity contribution in [3.8, 4) is 0 Å². The molecular weight excluding hydrogens is 410 g/mol. The molecule has 0 aliphatic carbocycles. The fraction of sp³-hybridized carbons (Fsp3) is 0.350. The normalized spacial score (nSPS) is 15.1. The molecular formula is C20H22ClN5O2S. The third kappa shape index (κ3) is 4.01.